The second-order valence-electron chi connectivity index (χ2n) is 17.2. The van der Waals surface area contributed by atoms with E-state index in [1.165, 1.54) is 0 Å². The maximum Gasteiger partial charge on any atom is 0.410 e. The van der Waals surface area contributed by atoms with Crippen LogP contribution in [-0.4, -0.2) is 126 Å². The number of amides is 3. The molecule has 3 amide bonds. The number of likely N-dealkylation sites (tertiary alicyclic amines) is 2. The average molecular weight is 791 g/mol. The van der Waals surface area contributed by atoms with Crippen LogP contribution in [0.15, 0.2) is 30.3 Å². The molecule has 0 radical (unpaired) electrons. The molecule has 56 heavy (non-hydrogen) atoms. The van der Waals surface area contributed by atoms with Crippen molar-refractivity contribution in [3.63, 3.8) is 0 Å². The number of ether oxygens (including phenoxy) is 9. The van der Waals surface area contributed by atoms with Gasteiger partial charge in [0.25, 0.3) is 0 Å². The lowest BCUT2D eigenvalue weighted by Gasteiger charge is -2.39. The molecule has 314 valence electrons. The Kier molecular flexibility index (Phi) is 12.8. The number of nitrogens with zero attached hydrogens (tertiary/aromatic N) is 2. The summed E-state index contributed by atoms with van der Waals surface area (Å²) in [7, 11) is 0. The minimum atomic E-state index is -0.771. The maximum atomic E-state index is 12.9. The molecule has 16 heteroatoms. The van der Waals surface area contributed by atoms with E-state index in [0.29, 0.717) is 45.4 Å². The van der Waals surface area contributed by atoms with Gasteiger partial charge in [0.15, 0.2) is 48.6 Å². The zero-order chi connectivity index (χ0) is 40.5. The van der Waals surface area contributed by atoms with E-state index in [1.807, 2.05) is 85.7 Å². The number of benzene rings is 1. The van der Waals surface area contributed by atoms with Crippen LogP contribution in [0.3, 0.4) is 0 Å². The molecule has 0 saturated carbocycles. The highest BCUT2D eigenvalue weighted by molar-refractivity contribution is 5.70. The largest absolute Gasteiger partial charge is 0.445 e. The van der Waals surface area contributed by atoms with Gasteiger partial charge in [-0.1, -0.05) is 44.2 Å². The van der Waals surface area contributed by atoms with Crippen LogP contribution in [-0.2, 0) is 49.2 Å². The normalized spacial score (nSPS) is 33.4. The first-order valence-corrected chi connectivity index (χ1v) is 20.1. The van der Waals surface area contributed by atoms with Crippen LogP contribution >= 0.6 is 0 Å². The van der Waals surface area contributed by atoms with Crippen LogP contribution < -0.4 is 11.1 Å². The van der Waals surface area contributed by atoms with Gasteiger partial charge in [-0.25, -0.2) is 14.4 Å². The molecule has 0 unspecified atom stereocenters. The molecule has 16 nitrogen and oxygen atoms in total. The van der Waals surface area contributed by atoms with Crippen molar-refractivity contribution >= 4 is 18.3 Å². The Hall–Kier alpha value is -3.25. The lowest BCUT2D eigenvalue weighted by atomic mass is 9.90. The van der Waals surface area contributed by atoms with Gasteiger partial charge in [-0.15, -0.1) is 0 Å². The minimum Gasteiger partial charge on any atom is -0.445 e. The van der Waals surface area contributed by atoms with E-state index in [-0.39, 0.29) is 36.6 Å². The van der Waals surface area contributed by atoms with E-state index in [1.54, 1.807) is 9.80 Å². The summed E-state index contributed by atoms with van der Waals surface area (Å²) in [6, 6.07) is 9.53. The van der Waals surface area contributed by atoms with Crippen molar-refractivity contribution in [1.29, 1.82) is 0 Å². The summed E-state index contributed by atoms with van der Waals surface area (Å²) in [5.74, 6) is -1.49. The smallest absolute Gasteiger partial charge is 0.410 e. The van der Waals surface area contributed by atoms with Crippen molar-refractivity contribution in [2.75, 3.05) is 26.2 Å². The summed E-state index contributed by atoms with van der Waals surface area (Å²) in [5, 5.41) is 2.96. The Morgan fingerprint density at radius 3 is 1.61 bits per heavy atom. The second kappa shape index (κ2) is 16.9. The van der Waals surface area contributed by atoms with Gasteiger partial charge < -0.3 is 63.5 Å². The predicted octanol–water partition coefficient (Wildman–Crippen LogP) is 5.15. The quantitative estimate of drug-likeness (QED) is 0.347. The molecule has 1 aromatic carbocycles. The highest BCUT2D eigenvalue weighted by Crippen LogP contribution is 2.41. The zero-order valence-corrected chi connectivity index (χ0v) is 34.2. The van der Waals surface area contributed by atoms with Gasteiger partial charge in [0.1, 0.15) is 18.8 Å². The molecule has 8 atom stereocenters. The van der Waals surface area contributed by atoms with Crippen molar-refractivity contribution in [1.82, 2.24) is 15.1 Å². The lowest BCUT2D eigenvalue weighted by molar-refractivity contribution is -0.215. The van der Waals surface area contributed by atoms with Crippen LogP contribution in [0.2, 0.25) is 0 Å². The summed E-state index contributed by atoms with van der Waals surface area (Å²) >= 11 is 0. The maximum absolute atomic E-state index is 12.9. The predicted molar refractivity (Wildman–Crippen MR) is 201 cm³/mol. The van der Waals surface area contributed by atoms with Crippen molar-refractivity contribution in [2.45, 2.75) is 172 Å². The summed E-state index contributed by atoms with van der Waals surface area (Å²) < 4.78 is 52.0. The highest BCUT2D eigenvalue weighted by atomic mass is 16.9. The molecule has 3 N–H and O–H groups in total. The molecular weight excluding hydrogens is 728 g/mol. The molecule has 1 aromatic rings. The van der Waals surface area contributed by atoms with Crippen molar-refractivity contribution in [3.05, 3.63) is 35.9 Å². The monoisotopic (exact) mass is 790 g/mol. The number of carbonyl (C=O) groups is 3. The summed E-state index contributed by atoms with van der Waals surface area (Å²) in [6.45, 7) is 17.7. The number of rotatable bonds is 7. The van der Waals surface area contributed by atoms with Gasteiger partial charge >= 0.3 is 18.3 Å². The molecule has 6 heterocycles. The Morgan fingerprint density at radius 2 is 1.16 bits per heavy atom. The van der Waals surface area contributed by atoms with Crippen LogP contribution in [0.5, 0.6) is 0 Å². The molecule has 6 fully saturated rings. The first-order valence-electron chi connectivity index (χ1n) is 20.1. The molecule has 6 aliphatic heterocycles. The minimum absolute atomic E-state index is 0.198. The third kappa shape index (κ3) is 10.2. The van der Waals surface area contributed by atoms with Crippen LogP contribution in [0.1, 0.15) is 99.5 Å². The third-order valence-electron chi connectivity index (χ3n) is 11.4. The molecule has 7 rings (SSSR count). The van der Waals surface area contributed by atoms with E-state index < -0.39 is 60.2 Å². The van der Waals surface area contributed by atoms with Gasteiger partial charge in [0.05, 0.1) is 0 Å². The van der Waals surface area contributed by atoms with E-state index in [0.717, 1.165) is 24.8 Å². The van der Waals surface area contributed by atoms with Crippen molar-refractivity contribution in [2.24, 2.45) is 5.73 Å². The molecule has 0 aromatic heterocycles. The molecule has 6 aliphatic rings. The topological polar surface area (TPSA) is 179 Å². The van der Waals surface area contributed by atoms with Crippen molar-refractivity contribution < 1.29 is 57.0 Å². The van der Waals surface area contributed by atoms with Gasteiger partial charge in [-0.2, -0.15) is 0 Å². The van der Waals surface area contributed by atoms with Crippen molar-refractivity contribution in [3.8, 4) is 0 Å². The molecule has 6 saturated heterocycles. The van der Waals surface area contributed by atoms with Crippen LogP contribution in [0.4, 0.5) is 14.4 Å². The van der Waals surface area contributed by atoms with Gasteiger partial charge in [0.2, 0.25) is 0 Å². The summed E-state index contributed by atoms with van der Waals surface area (Å²) in [4.78, 5) is 41.1. The van der Waals surface area contributed by atoms with Crippen LogP contribution in [0, 0.1) is 0 Å². The highest BCUT2D eigenvalue weighted by Gasteiger charge is 2.57. The number of nitrogens with two attached hydrogens (primary N) is 1. The fourth-order valence-electron chi connectivity index (χ4n) is 7.93. The lowest BCUT2D eigenvalue weighted by Crippen LogP contribution is -2.55. The number of carbonyl (C=O) groups excluding carboxylic acids is 3. The number of nitrogens with one attached hydrogen (secondary N) is 1. The number of alkyl carbamates (subject to hydrolysis) is 1. The average Bonchev–Trinajstić information content (AvgIpc) is 3.82. The number of hydrogen-bond donors (Lipinski definition) is 2. The van der Waals surface area contributed by atoms with Gasteiger partial charge in [-0.3, -0.25) is 0 Å². The number of piperidine rings is 2. The zero-order valence-electron chi connectivity index (χ0n) is 34.2. The summed E-state index contributed by atoms with van der Waals surface area (Å²) in [6.07, 6.45) is -0.246. The van der Waals surface area contributed by atoms with E-state index in [4.69, 9.17) is 48.4 Å². The molecule has 0 spiro atoms. The molecular formula is C40H62N4O12. The standard InChI is InChI=1S/C24H34N2O7.C16H28N2O5/c1-5-17-18(19-20(30-17)33-23(2,3)32-19)31-22(28)26-13-11-24(4,12-14-26)25-21(27)29-15-16-9-7-6-8-10-16;1-5-10-11(12-13(20-10)23-15(2,3)22-12)21-14(19)18-8-6-16(4,17)7-9-18/h6-10,17-20H,5,11-15H2,1-4H3,(H,25,27);10-13H,5-9,17H2,1-4H3/t17-,18+,19-,20-;10-,11+,12-,13-/m11/s1. The van der Waals surface area contributed by atoms with Gasteiger partial charge in [-0.05, 0) is 85.6 Å². The molecule has 0 bridgehead atoms. The Bertz CT molecular complexity index is 1510. The molecule has 0 aliphatic carbocycles. The van der Waals surface area contributed by atoms with Crippen LogP contribution in [0.25, 0.3) is 0 Å². The van der Waals surface area contributed by atoms with E-state index in [9.17, 15) is 14.4 Å². The first-order chi connectivity index (χ1) is 26.4. The fourth-order valence-corrected chi connectivity index (χ4v) is 7.93. The van der Waals surface area contributed by atoms with E-state index in [2.05, 4.69) is 5.32 Å². The number of fused-ring (bicyclic) bond motifs is 2. The Balaban J connectivity index is 0.000000202. The first kappa shape index (κ1) is 42.4. The third-order valence-corrected chi connectivity index (χ3v) is 11.4. The number of hydrogen-bond acceptors (Lipinski definition) is 13. The Labute approximate surface area is 330 Å². The van der Waals surface area contributed by atoms with Gasteiger partial charge in [0, 0.05) is 37.3 Å². The Morgan fingerprint density at radius 1 is 0.714 bits per heavy atom. The SMILES string of the molecule is CC[C@H]1O[C@@H]2OC(C)(C)O[C@@H]2[C@H]1OC(=O)N1CCC(C)(N)CC1.CC[C@H]1O[C@@H]2OC(C)(C)O[C@@H]2[C@H]1OC(=O)N1CCC(C)(NC(=O)OCc2ccccc2)CC1. The summed E-state index contributed by atoms with van der Waals surface area (Å²) in [5.41, 5.74) is 6.39. The van der Waals surface area contributed by atoms with E-state index >= 15 is 0 Å². The fraction of sp³-hybridized carbons (Fsp3) is 0.775. The second-order valence-corrected chi connectivity index (χ2v) is 17.2.